The van der Waals surface area contributed by atoms with Crippen molar-refractivity contribution in [3.63, 3.8) is 0 Å². The third kappa shape index (κ3) is 1.47. The van der Waals surface area contributed by atoms with Crippen LogP contribution in [-0.4, -0.2) is 16.3 Å². The van der Waals surface area contributed by atoms with E-state index in [4.69, 9.17) is 4.74 Å². The average Bonchev–Trinajstić information content (AvgIpc) is 2.02. The predicted molar refractivity (Wildman–Crippen MR) is 47.8 cm³/mol. The van der Waals surface area contributed by atoms with Crippen LogP contribution >= 0.6 is 0 Å². The molecule has 0 spiro atoms. The summed E-state index contributed by atoms with van der Waals surface area (Å²) in [6, 6.07) is 4.79. The highest BCUT2D eigenvalue weighted by atomic mass is 16.5. The van der Waals surface area contributed by atoms with Crippen molar-refractivity contribution in [1.29, 1.82) is 0 Å². The van der Waals surface area contributed by atoms with Gasteiger partial charge >= 0.3 is 0 Å². The van der Waals surface area contributed by atoms with Gasteiger partial charge in [-0.25, -0.2) is 0 Å². The summed E-state index contributed by atoms with van der Waals surface area (Å²) in [5.41, 5.74) is 0.760. The summed E-state index contributed by atoms with van der Waals surface area (Å²) in [6.45, 7) is 1.90. The molecule has 0 aromatic heterocycles. The zero-order chi connectivity index (χ0) is 9.42. The molecule has 2 unspecified atom stereocenters. The van der Waals surface area contributed by atoms with Gasteiger partial charge in [-0.1, -0.05) is 0 Å². The van der Waals surface area contributed by atoms with E-state index >= 15 is 0 Å². The SMILES string of the molecule is CC1CC(O)c2ccc(O)cc2O1. The second-order valence-electron chi connectivity index (χ2n) is 3.40. The van der Waals surface area contributed by atoms with Gasteiger partial charge in [-0.3, -0.25) is 0 Å². The zero-order valence-electron chi connectivity index (χ0n) is 7.40. The van der Waals surface area contributed by atoms with Crippen molar-refractivity contribution in [1.82, 2.24) is 0 Å². The van der Waals surface area contributed by atoms with Gasteiger partial charge in [0.15, 0.2) is 0 Å². The number of rotatable bonds is 0. The quantitative estimate of drug-likeness (QED) is 0.637. The van der Waals surface area contributed by atoms with Crippen molar-refractivity contribution in [2.24, 2.45) is 0 Å². The third-order valence-electron chi connectivity index (χ3n) is 2.24. The van der Waals surface area contributed by atoms with Crippen LogP contribution in [0.4, 0.5) is 0 Å². The van der Waals surface area contributed by atoms with E-state index in [0.717, 1.165) is 5.56 Å². The van der Waals surface area contributed by atoms with Crippen LogP contribution < -0.4 is 4.74 Å². The minimum absolute atomic E-state index is 0.00398. The van der Waals surface area contributed by atoms with E-state index < -0.39 is 6.10 Å². The number of benzene rings is 1. The van der Waals surface area contributed by atoms with Crippen LogP contribution in [-0.2, 0) is 0 Å². The molecule has 3 nitrogen and oxygen atoms in total. The molecule has 0 saturated heterocycles. The first-order valence-corrected chi connectivity index (χ1v) is 4.34. The number of hydrogen-bond acceptors (Lipinski definition) is 3. The second-order valence-corrected chi connectivity index (χ2v) is 3.40. The van der Waals surface area contributed by atoms with Crippen molar-refractivity contribution < 1.29 is 14.9 Å². The van der Waals surface area contributed by atoms with Crippen molar-refractivity contribution in [2.75, 3.05) is 0 Å². The topological polar surface area (TPSA) is 49.7 Å². The summed E-state index contributed by atoms with van der Waals surface area (Å²) in [4.78, 5) is 0. The first-order valence-electron chi connectivity index (χ1n) is 4.34. The monoisotopic (exact) mass is 180 g/mol. The maximum absolute atomic E-state index is 9.66. The standard InChI is InChI=1S/C10H12O3/c1-6-4-9(12)8-3-2-7(11)5-10(8)13-6/h2-3,5-6,9,11-12H,4H2,1H3. The molecular formula is C10H12O3. The Balaban J connectivity index is 2.43. The summed E-state index contributed by atoms with van der Waals surface area (Å²) in [5, 5.41) is 18.9. The van der Waals surface area contributed by atoms with Gasteiger partial charge in [0.1, 0.15) is 11.5 Å². The summed E-state index contributed by atoms with van der Waals surface area (Å²) in [7, 11) is 0. The highest BCUT2D eigenvalue weighted by Crippen LogP contribution is 2.36. The summed E-state index contributed by atoms with van der Waals surface area (Å²) < 4.78 is 5.46. The van der Waals surface area contributed by atoms with Crippen molar-refractivity contribution >= 4 is 0 Å². The molecule has 2 N–H and O–H groups in total. The molecule has 0 fully saturated rings. The number of aliphatic hydroxyl groups is 1. The van der Waals surface area contributed by atoms with Gasteiger partial charge < -0.3 is 14.9 Å². The first kappa shape index (κ1) is 8.38. The van der Waals surface area contributed by atoms with Crippen LogP contribution in [0.5, 0.6) is 11.5 Å². The molecule has 1 aromatic rings. The van der Waals surface area contributed by atoms with Crippen molar-refractivity contribution in [2.45, 2.75) is 25.6 Å². The summed E-state index contributed by atoms with van der Waals surface area (Å²) in [6.07, 6.45) is 0.140. The molecule has 0 radical (unpaired) electrons. The molecule has 0 saturated carbocycles. The molecule has 0 amide bonds. The zero-order valence-corrected chi connectivity index (χ0v) is 7.40. The minimum Gasteiger partial charge on any atom is -0.508 e. The van der Waals surface area contributed by atoms with Crippen LogP contribution in [0.25, 0.3) is 0 Å². The Kier molecular flexibility index (Phi) is 1.88. The average molecular weight is 180 g/mol. The molecule has 1 heterocycles. The van der Waals surface area contributed by atoms with E-state index in [9.17, 15) is 10.2 Å². The van der Waals surface area contributed by atoms with E-state index in [0.29, 0.717) is 12.2 Å². The Morgan fingerprint density at radius 1 is 1.46 bits per heavy atom. The molecular weight excluding hydrogens is 168 g/mol. The predicted octanol–water partition coefficient (Wildman–Crippen LogP) is 1.60. The molecule has 0 bridgehead atoms. The lowest BCUT2D eigenvalue weighted by atomic mass is 10.00. The van der Waals surface area contributed by atoms with E-state index in [1.165, 1.54) is 6.07 Å². The number of phenols is 1. The maximum Gasteiger partial charge on any atom is 0.129 e. The lowest BCUT2D eigenvalue weighted by Gasteiger charge is -2.27. The molecule has 0 aliphatic carbocycles. The van der Waals surface area contributed by atoms with Gasteiger partial charge in [-0.05, 0) is 19.1 Å². The molecule has 70 valence electrons. The molecule has 1 aliphatic rings. The molecule has 1 aromatic carbocycles. The minimum atomic E-state index is -0.473. The number of phenolic OH excluding ortho intramolecular Hbond substituents is 1. The lowest BCUT2D eigenvalue weighted by Crippen LogP contribution is -2.22. The number of hydrogen-bond donors (Lipinski definition) is 2. The molecule has 1 aliphatic heterocycles. The largest absolute Gasteiger partial charge is 0.508 e. The van der Waals surface area contributed by atoms with Crippen LogP contribution in [0, 0.1) is 0 Å². The van der Waals surface area contributed by atoms with Gasteiger partial charge in [0, 0.05) is 18.1 Å². The van der Waals surface area contributed by atoms with Crippen molar-refractivity contribution in [3.8, 4) is 11.5 Å². The lowest BCUT2D eigenvalue weighted by molar-refractivity contribution is 0.0747. The fraction of sp³-hybridized carbons (Fsp3) is 0.400. The molecule has 13 heavy (non-hydrogen) atoms. The number of ether oxygens (including phenoxy) is 1. The van der Waals surface area contributed by atoms with Crippen LogP contribution in [0.3, 0.4) is 0 Å². The second kappa shape index (κ2) is 2.92. The third-order valence-corrected chi connectivity index (χ3v) is 2.24. The fourth-order valence-corrected chi connectivity index (χ4v) is 1.61. The number of aromatic hydroxyl groups is 1. The number of fused-ring (bicyclic) bond motifs is 1. The first-order chi connectivity index (χ1) is 6.16. The molecule has 2 atom stereocenters. The molecule has 2 rings (SSSR count). The highest BCUT2D eigenvalue weighted by Gasteiger charge is 2.23. The molecule has 3 heteroatoms. The van der Waals surface area contributed by atoms with Crippen LogP contribution in [0.1, 0.15) is 25.0 Å². The van der Waals surface area contributed by atoms with Gasteiger partial charge in [-0.2, -0.15) is 0 Å². The summed E-state index contributed by atoms with van der Waals surface area (Å²) in [5.74, 6) is 0.756. The van der Waals surface area contributed by atoms with Gasteiger partial charge in [0.25, 0.3) is 0 Å². The Morgan fingerprint density at radius 2 is 2.23 bits per heavy atom. The smallest absolute Gasteiger partial charge is 0.129 e. The van der Waals surface area contributed by atoms with Crippen molar-refractivity contribution in [3.05, 3.63) is 23.8 Å². The van der Waals surface area contributed by atoms with E-state index in [1.54, 1.807) is 12.1 Å². The maximum atomic E-state index is 9.66. The van der Waals surface area contributed by atoms with Gasteiger partial charge in [0.05, 0.1) is 12.2 Å². The van der Waals surface area contributed by atoms with E-state index in [2.05, 4.69) is 0 Å². The van der Waals surface area contributed by atoms with Gasteiger partial charge in [-0.15, -0.1) is 0 Å². The summed E-state index contributed by atoms with van der Waals surface area (Å²) >= 11 is 0. The van der Waals surface area contributed by atoms with Gasteiger partial charge in [0.2, 0.25) is 0 Å². The fourth-order valence-electron chi connectivity index (χ4n) is 1.61. The van der Waals surface area contributed by atoms with Crippen LogP contribution in [0.2, 0.25) is 0 Å². The number of aliphatic hydroxyl groups excluding tert-OH is 1. The van der Waals surface area contributed by atoms with E-state index in [1.807, 2.05) is 6.92 Å². The Morgan fingerprint density at radius 3 is 3.00 bits per heavy atom. The van der Waals surface area contributed by atoms with E-state index in [-0.39, 0.29) is 11.9 Å². The Bertz CT molecular complexity index is 322. The normalized spacial score (nSPS) is 26.3. The van der Waals surface area contributed by atoms with Crippen LogP contribution in [0.15, 0.2) is 18.2 Å². The Hall–Kier alpha value is -1.22. The highest BCUT2D eigenvalue weighted by molar-refractivity contribution is 5.42. The Labute approximate surface area is 76.6 Å².